The van der Waals surface area contributed by atoms with Crippen molar-refractivity contribution in [2.24, 2.45) is 0 Å². The summed E-state index contributed by atoms with van der Waals surface area (Å²) < 4.78 is 38.5. The van der Waals surface area contributed by atoms with Gasteiger partial charge in [0.05, 0.1) is 5.88 Å². The quantitative estimate of drug-likeness (QED) is 0.760. The van der Waals surface area contributed by atoms with Gasteiger partial charge in [-0.25, -0.2) is 9.97 Å². The van der Waals surface area contributed by atoms with Crippen LogP contribution in [0, 0.1) is 0 Å². The van der Waals surface area contributed by atoms with Crippen LogP contribution in [0.4, 0.5) is 13.2 Å². The van der Waals surface area contributed by atoms with Crippen LogP contribution >= 0.6 is 23.2 Å². The number of aromatic nitrogens is 2. The Hall–Kier alpha value is -1.33. The Labute approximate surface area is 117 Å². The molecule has 0 amide bonds. The summed E-state index contributed by atoms with van der Waals surface area (Å²) in [7, 11) is 0. The maximum Gasteiger partial charge on any atom is 0.433 e. The zero-order valence-corrected chi connectivity index (χ0v) is 10.9. The Bertz CT molecular complexity index is 583. The molecular weight excluding hydrogens is 300 g/mol. The van der Waals surface area contributed by atoms with Crippen LogP contribution in [-0.2, 0) is 12.1 Å². The molecule has 1 aromatic carbocycles. The summed E-state index contributed by atoms with van der Waals surface area (Å²) in [5.41, 5.74) is -0.703. The van der Waals surface area contributed by atoms with E-state index in [1.807, 2.05) is 0 Å². The summed E-state index contributed by atoms with van der Waals surface area (Å²) in [6, 6.07) is 6.22. The number of rotatable bonds is 2. The molecule has 0 aliphatic carbocycles. The maximum atomic E-state index is 12.8. The van der Waals surface area contributed by atoms with E-state index in [4.69, 9.17) is 23.2 Å². The van der Waals surface area contributed by atoms with Gasteiger partial charge in [0.15, 0.2) is 11.5 Å². The monoisotopic (exact) mass is 306 g/mol. The molecule has 2 rings (SSSR count). The molecule has 1 heterocycles. The third-order valence-electron chi connectivity index (χ3n) is 2.38. The van der Waals surface area contributed by atoms with Gasteiger partial charge in [-0.15, -0.1) is 11.6 Å². The van der Waals surface area contributed by atoms with E-state index in [0.29, 0.717) is 10.6 Å². The second-order valence-corrected chi connectivity index (χ2v) is 4.41. The highest BCUT2D eigenvalue weighted by Gasteiger charge is 2.35. The molecule has 0 spiro atoms. The van der Waals surface area contributed by atoms with Crippen LogP contribution in [0.25, 0.3) is 11.4 Å². The Morgan fingerprint density at radius 2 is 1.74 bits per heavy atom. The number of benzene rings is 1. The first-order valence-electron chi connectivity index (χ1n) is 5.17. The van der Waals surface area contributed by atoms with Crippen LogP contribution in [0.2, 0.25) is 5.02 Å². The highest BCUT2D eigenvalue weighted by atomic mass is 35.5. The third-order valence-corrected chi connectivity index (χ3v) is 2.92. The molecule has 0 atom stereocenters. The molecule has 1 aromatic heterocycles. The molecule has 0 fully saturated rings. The van der Waals surface area contributed by atoms with Gasteiger partial charge in [-0.1, -0.05) is 11.6 Å². The van der Waals surface area contributed by atoms with Gasteiger partial charge in [0.25, 0.3) is 0 Å². The fourth-order valence-electron chi connectivity index (χ4n) is 1.49. The van der Waals surface area contributed by atoms with Gasteiger partial charge in [-0.3, -0.25) is 0 Å². The minimum atomic E-state index is -4.56. The Kier molecular flexibility index (Phi) is 3.96. The summed E-state index contributed by atoms with van der Waals surface area (Å²) in [5.74, 6) is -0.312. The van der Waals surface area contributed by atoms with Crippen LogP contribution in [0.5, 0.6) is 0 Å². The van der Waals surface area contributed by atoms with E-state index in [9.17, 15) is 13.2 Å². The summed E-state index contributed by atoms with van der Waals surface area (Å²) >= 11 is 11.2. The van der Waals surface area contributed by atoms with E-state index in [0.717, 1.165) is 6.20 Å². The Morgan fingerprint density at radius 3 is 2.26 bits per heavy atom. The van der Waals surface area contributed by atoms with E-state index in [2.05, 4.69) is 9.97 Å². The predicted octanol–water partition coefficient (Wildman–Crippen LogP) is 4.55. The summed E-state index contributed by atoms with van der Waals surface area (Å²) in [5, 5.41) is 0.483. The van der Waals surface area contributed by atoms with Crippen LogP contribution in [-0.4, -0.2) is 9.97 Å². The molecule has 0 aliphatic heterocycles. The molecule has 0 unspecified atom stereocenters. The molecule has 19 heavy (non-hydrogen) atoms. The summed E-state index contributed by atoms with van der Waals surface area (Å²) in [6.07, 6.45) is -3.47. The lowest BCUT2D eigenvalue weighted by Crippen LogP contribution is -2.13. The molecule has 0 saturated carbocycles. The molecular formula is C12H7Cl2F3N2. The van der Waals surface area contributed by atoms with Crippen molar-refractivity contribution in [3.63, 3.8) is 0 Å². The van der Waals surface area contributed by atoms with Crippen molar-refractivity contribution < 1.29 is 13.2 Å². The zero-order valence-electron chi connectivity index (χ0n) is 9.38. The van der Waals surface area contributed by atoms with E-state index < -0.39 is 11.9 Å². The Morgan fingerprint density at radius 1 is 1.11 bits per heavy atom. The fourth-order valence-corrected chi connectivity index (χ4v) is 1.81. The lowest BCUT2D eigenvalue weighted by molar-refractivity contribution is -0.141. The molecule has 0 radical (unpaired) electrons. The van der Waals surface area contributed by atoms with Crippen molar-refractivity contribution in [3.05, 3.63) is 46.7 Å². The van der Waals surface area contributed by atoms with Gasteiger partial charge < -0.3 is 0 Å². The number of hydrogen-bond donors (Lipinski definition) is 0. The van der Waals surface area contributed by atoms with Gasteiger partial charge in [-0.05, 0) is 24.3 Å². The molecule has 0 bridgehead atoms. The number of alkyl halides is 4. The first-order valence-corrected chi connectivity index (χ1v) is 6.08. The average Bonchev–Trinajstić information content (AvgIpc) is 2.38. The second-order valence-electron chi connectivity index (χ2n) is 3.71. The van der Waals surface area contributed by atoms with Crippen LogP contribution in [0.3, 0.4) is 0 Å². The lowest BCUT2D eigenvalue weighted by Gasteiger charge is -2.11. The van der Waals surface area contributed by atoms with Gasteiger partial charge in [0, 0.05) is 22.3 Å². The number of nitrogens with zero attached hydrogens (tertiary/aromatic N) is 2. The molecule has 0 saturated heterocycles. The lowest BCUT2D eigenvalue weighted by atomic mass is 10.2. The summed E-state index contributed by atoms with van der Waals surface area (Å²) in [6.45, 7) is 0. The predicted molar refractivity (Wildman–Crippen MR) is 67.0 cm³/mol. The molecule has 0 N–H and O–H groups in total. The highest BCUT2D eigenvalue weighted by molar-refractivity contribution is 6.30. The van der Waals surface area contributed by atoms with E-state index in [1.54, 1.807) is 24.3 Å². The van der Waals surface area contributed by atoms with Gasteiger partial charge in [0.2, 0.25) is 0 Å². The van der Waals surface area contributed by atoms with Gasteiger partial charge >= 0.3 is 6.18 Å². The largest absolute Gasteiger partial charge is 0.433 e. The minimum Gasteiger partial charge on any atom is -0.236 e. The first kappa shape index (κ1) is 14.1. The van der Waals surface area contributed by atoms with E-state index >= 15 is 0 Å². The minimum absolute atomic E-state index is 0.0159. The van der Waals surface area contributed by atoms with E-state index in [1.165, 1.54) is 0 Å². The van der Waals surface area contributed by atoms with Gasteiger partial charge in [-0.2, -0.15) is 13.2 Å². The standard InChI is InChI=1S/C12H7Cl2F3N2/c13-5-8-6-18-11(19-10(8)12(15,16)17)7-1-3-9(14)4-2-7/h1-4,6H,5H2. The molecule has 2 aromatic rings. The van der Waals surface area contributed by atoms with Crippen molar-refractivity contribution in [3.8, 4) is 11.4 Å². The average molecular weight is 307 g/mol. The SMILES string of the molecule is FC(F)(F)c1nc(-c2ccc(Cl)cc2)ncc1CCl. The van der Waals surface area contributed by atoms with Crippen molar-refractivity contribution in [1.82, 2.24) is 9.97 Å². The third kappa shape index (κ3) is 3.16. The number of halogens is 5. The van der Waals surface area contributed by atoms with Crippen LogP contribution in [0.1, 0.15) is 11.3 Å². The number of hydrogen-bond acceptors (Lipinski definition) is 2. The van der Waals surface area contributed by atoms with Crippen molar-refractivity contribution in [2.75, 3.05) is 0 Å². The van der Waals surface area contributed by atoms with Crippen LogP contribution < -0.4 is 0 Å². The topological polar surface area (TPSA) is 25.8 Å². The van der Waals surface area contributed by atoms with E-state index in [-0.39, 0.29) is 17.3 Å². The normalized spacial score (nSPS) is 11.6. The van der Waals surface area contributed by atoms with Crippen molar-refractivity contribution >= 4 is 23.2 Å². The second kappa shape index (κ2) is 5.35. The summed E-state index contributed by atoms with van der Waals surface area (Å²) in [4.78, 5) is 7.44. The molecule has 2 nitrogen and oxygen atoms in total. The molecule has 0 aliphatic rings. The smallest absolute Gasteiger partial charge is 0.236 e. The molecule has 100 valence electrons. The molecule has 7 heteroatoms. The zero-order chi connectivity index (χ0) is 14.0. The van der Waals surface area contributed by atoms with Gasteiger partial charge in [0.1, 0.15) is 0 Å². The van der Waals surface area contributed by atoms with Crippen LogP contribution in [0.15, 0.2) is 30.5 Å². The van der Waals surface area contributed by atoms with Crippen molar-refractivity contribution in [2.45, 2.75) is 12.1 Å². The fraction of sp³-hybridized carbons (Fsp3) is 0.167. The maximum absolute atomic E-state index is 12.8. The highest BCUT2D eigenvalue weighted by Crippen LogP contribution is 2.32. The van der Waals surface area contributed by atoms with Crippen molar-refractivity contribution in [1.29, 1.82) is 0 Å². The first-order chi connectivity index (χ1) is 8.91. The Balaban J connectivity index is 2.52.